The summed E-state index contributed by atoms with van der Waals surface area (Å²) in [4.78, 5) is 45.8. The molecule has 0 aromatic heterocycles. The summed E-state index contributed by atoms with van der Waals surface area (Å²) < 4.78 is 32.6. The number of aliphatic carboxylic acids is 1. The Hall–Kier alpha value is -1.78. The summed E-state index contributed by atoms with van der Waals surface area (Å²) in [5, 5.41) is 8.86. The number of unbranched alkanes of at least 4 members (excludes halogenated alkanes) is 22. The van der Waals surface area contributed by atoms with Crippen LogP contribution in [0.15, 0.2) is 12.2 Å². The summed E-state index contributed by atoms with van der Waals surface area (Å²) in [5.41, 5.74) is 5.32. The summed E-state index contributed by atoms with van der Waals surface area (Å²) >= 11 is 0. The number of ether oxygens (including phenoxy) is 2. The van der Waals surface area contributed by atoms with Crippen LogP contribution in [-0.2, 0) is 37.5 Å². The summed E-state index contributed by atoms with van der Waals surface area (Å²) in [7, 11) is -4.71. The fraction of sp³-hybridized carbons (Fsp3) is 0.872. The van der Waals surface area contributed by atoms with E-state index in [0.29, 0.717) is 12.8 Å². The highest BCUT2D eigenvalue weighted by atomic mass is 31.2. The molecule has 4 N–H and O–H groups in total. The molecule has 0 saturated heterocycles. The number of allylic oxidation sites excluding steroid dienone is 2. The molecule has 12 heteroatoms. The van der Waals surface area contributed by atoms with Gasteiger partial charge in [0, 0.05) is 12.8 Å². The maximum Gasteiger partial charge on any atom is 0.472 e. The van der Waals surface area contributed by atoms with Gasteiger partial charge in [0.1, 0.15) is 12.6 Å². The van der Waals surface area contributed by atoms with E-state index < -0.39 is 51.1 Å². The Labute approximate surface area is 309 Å². The Kier molecular flexibility index (Phi) is 34.0. The second-order valence-electron chi connectivity index (χ2n) is 13.8. The maximum atomic E-state index is 12.6. The van der Waals surface area contributed by atoms with Crippen LogP contribution in [0.4, 0.5) is 0 Å². The molecule has 0 bridgehead atoms. The van der Waals surface area contributed by atoms with Gasteiger partial charge in [0.15, 0.2) is 6.10 Å². The molecule has 0 spiro atoms. The molecule has 1 unspecified atom stereocenters. The molecule has 0 aliphatic rings. The zero-order valence-corrected chi connectivity index (χ0v) is 33.1. The van der Waals surface area contributed by atoms with Gasteiger partial charge in [0.05, 0.1) is 13.2 Å². The van der Waals surface area contributed by atoms with Gasteiger partial charge in [-0.1, -0.05) is 154 Å². The van der Waals surface area contributed by atoms with Crippen molar-refractivity contribution in [2.75, 3.05) is 19.8 Å². The molecule has 0 aliphatic heterocycles. The van der Waals surface area contributed by atoms with Crippen molar-refractivity contribution in [1.29, 1.82) is 0 Å². The topological polar surface area (TPSA) is 172 Å². The van der Waals surface area contributed by atoms with Crippen LogP contribution in [-0.4, -0.2) is 59.9 Å². The summed E-state index contributed by atoms with van der Waals surface area (Å²) in [6, 6.07) is -1.52. The lowest BCUT2D eigenvalue weighted by Crippen LogP contribution is -2.34. The first-order chi connectivity index (χ1) is 24.6. The zero-order valence-electron chi connectivity index (χ0n) is 32.2. The summed E-state index contributed by atoms with van der Waals surface area (Å²) in [6.07, 6.45) is 32.8. The number of carboxylic acid groups (broad SMARTS) is 1. The predicted octanol–water partition coefficient (Wildman–Crippen LogP) is 10.1. The smallest absolute Gasteiger partial charge is 0.472 e. The van der Waals surface area contributed by atoms with E-state index in [-0.39, 0.29) is 19.4 Å². The van der Waals surface area contributed by atoms with Gasteiger partial charge in [-0.3, -0.25) is 23.4 Å². The number of carbonyl (C=O) groups excluding carboxylic acids is 2. The van der Waals surface area contributed by atoms with Crippen LogP contribution < -0.4 is 5.73 Å². The SMILES string of the molecule is CCCC/C=C/CCCCCCCC(=O)OC[C@H](COP(=O)(O)OC[C@H](N)C(=O)O)OC(=O)CCCCCCCCCCCCCCCCCC. The number of rotatable bonds is 38. The number of hydrogen-bond donors (Lipinski definition) is 3. The van der Waals surface area contributed by atoms with Crippen molar-refractivity contribution < 1.29 is 47.5 Å². The van der Waals surface area contributed by atoms with Crippen molar-refractivity contribution in [3.05, 3.63) is 12.2 Å². The molecule has 11 nitrogen and oxygen atoms in total. The van der Waals surface area contributed by atoms with E-state index in [9.17, 15) is 23.8 Å². The lowest BCUT2D eigenvalue weighted by Gasteiger charge is -2.20. The Morgan fingerprint density at radius 3 is 1.49 bits per heavy atom. The van der Waals surface area contributed by atoms with Gasteiger partial charge < -0.3 is 25.2 Å². The van der Waals surface area contributed by atoms with E-state index in [4.69, 9.17) is 24.8 Å². The summed E-state index contributed by atoms with van der Waals surface area (Å²) in [5.74, 6) is -2.38. The molecule has 0 heterocycles. The minimum Gasteiger partial charge on any atom is -0.480 e. The standard InChI is InChI=1S/C39H74NO10P/c1-3-5-7-9-11-13-15-16-17-18-19-21-23-25-27-29-31-38(42)50-35(33-48-51(45,46)49-34-36(40)39(43)44)32-47-37(41)30-28-26-24-22-20-14-12-10-8-6-4-2/h10,12,35-36H,3-9,11,13-34,40H2,1-2H3,(H,43,44)(H,45,46)/b12-10+/t35-,36+/m1/s1. The third-order valence-corrected chi connectivity index (χ3v) is 9.71. The highest BCUT2D eigenvalue weighted by Crippen LogP contribution is 2.43. The highest BCUT2D eigenvalue weighted by Gasteiger charge is 2.28. The molecule has 0 rings (SSSR count). The molecular formula is C39H74NO10P. The first-order valence-electron chi connectivity index (χ1n) is 20.2. The number of esters is 2. The predicted molar refractivity (Wildman–Crippen MR) is 203 cm³/mol. The van der Waals surface area contributed by atoms with Crippen LogP contribution in [0.3, 0.4) is 0 Å². The van der Waals surface area contributed by atoms with Gasteiger partial charge in [-0.05, 0) is 32.1 Å². The molecule has 51 heavy (non-hydrogen) atoms. The average Bonchev–Trinajstić information content (AvgIpc) is 3.10. The van der Waals surface area contributed by atoms with E-state index >= 15 is 0 Å². The number of phosphoric ester groups is 1. The van der Waals surface area contributed by atoms with Crippen molar-refractivity contribution in [2.24, 2.45) is 5.73 Å². The lowest BCUT2D eigenvalue weighted by atomic mass is 10.0. The fourth-order valence-corrected chi connectivity index (χ4v) is 6.29. The molecule has 0 aliphatic carbocycles. The summed E-state index contributed by atoms with van der Waals surface area (Å²) in [6.45, 7) is 2.76. The minimum absolute atomic E-state index is 0.165. The number of hydrogen-bond acceptors (Lipinski definition) is 9. The highest BCUT2D eigenvalue weighted by molar-refractivity contribution is 7.47. The monoisotopic (exact) mass is 748 g/mol. The van der Waals surface area contributed by atoms with Crippen molar-refractivity contribution in [1.82, 2.24) is 0 Å². The van der Waals surface area contributed by atoms with Crippen LogP contribution in [0.2, 0.25) is 0 Å². The zero-order chi connectivity index (χ0) is 37.8. The van der Waals surface area contributed by atoms with Gasteiger partial charge in [-0.2, -0.15) is 0 Å². The van der Waals surface area contributed by atoms with E-state index in [1.807, 2.05) is 0 Å². The number of carbonyl (C=O) groups is 3. The molecule has 0 saturated carbocycles. The Balaban J connectivity index is 4.37. The van der Waals surface area contributed by atoms with Gasteiger partial charge in [0.2, 0.25) is 0 Å². The third kappa shape index (κ3) is 35.0. The van der Waals surface area contributed by atoms with Crippen LogP contribution in [0.1, 0.15) is 187 Å². The molecule has 0 radical (unpaired) electrons. The third-order valence-electron chi connectivity index (χ3n) is 8.76. The van der Waals surface area contributed by atoms with E-state index in [1.165, 1.54) is 89.9 Å². The van der Waals surface area contributed by atoms with Crippen molar-refractivity contribution >= 4 is 25.7 Å². The Morgan fingerprint density at radius 1 is 0.588 bits per heavy atom. The van der Waals surface area contributed by atoms with Gasteiger partial charge in [-0.15, -0.1) is 0 Å². The number of nitrogens with two attached hydrogens (primary N) is 1. The molecule has 0 aromatic carbocycles. The molecule has 300 valence electrons. The molecule has 0 fully saturated rings. The molecule has 0 aromatic rings. The molecular weight excluding hydrogens is 673 g/mol. The van der Waals surface area contributed by atoms with Crippen molar-refractivity contribution in [2.45, 2.75) is 199 Å². The largest absolute Gasteiger partial charge is 0.480 e. The van der Waals surface area contributed by atoms with E-state index in [2.05, 4.69) is 30.5 Å². The van der Waals surface area contributed by atoms with E-state index in [0.717, 1.165) is 57.8 Å². The minimum atomic E-state index is -4.71. The Morgan fingerprint density at radius 2 is 1.00 bits per heavy atom. The molecule has 0 amide bonds. The normalized spacial score (nSPS) is 14.0. The average molecular weight is 748 g/mol. The number of phosphoric acid groups is 1. The van der Waals surface area contributed by atoms with Crippen LogP contribution in [0.5, 0.6) is 0 Å². The second kappa shape index (κ2) is 35.3. The lowest BCUT2D eigenvalue weighted by molar-refractivity contribution is -0.161. The molecule has 3 atom stereocenters. The van der Waals surface area contributed by atoms with Crippen LogP contribution in [0.25, 0.3) is 0 Å². The van der Waals surface area contributed by atoms with Gasteiger partial charge in [0.25, 0.3) is 0 Å². The van der Waals surface area contributed by atoms with Crippen molar-refractivity contribution in [3.63, 3.8) is 0 Å². The Bertz CT molecular complexity index is 932. The van der Waals surface area contributed by atoms with Gasteiger partial charge in [-0.25, -0.2) is 4.57 Å². The maximum absolute atomic E-state index is 12.6. The van der Waals surface area contributed by atoms with Crippen LogP contribution in [0, 0.1) is 0 Å². The second-order valence-corrected chi connectivity index (χ2v) is 15.2. The van der Waals surface area contributed by atoms with Crippen LogP contribution >= 0.6 is 7.82 Å². The quantitative estimate of drug-likeness (QED) is 0.0237. The number of carboxylic acids is 1. The van der Waals surface area contributed by atoms with Gasteiger partial charge >= 0.3 is 25.7 Å². The first-order valence-corrected chi connectivity index (χ1v) is 21.7. The van der Waals surface area contributed by atoms with E-state index in [1.54, 1.807) is 0 Å². The first kappa shape index (κ1) is 49.2. The van der Waals surface area contributed by atoms with Crippen molar-refractivity contribution in [3.8, 4) is 0 Å². The fourth-order valence-electron chi connectivity index (χ4n) is 5.52.